The summed E-state index contributed by atoms with van der Waals surface area (Å²) in [5.74, 6) is -1.21. The van der Waals surface area contributed by atoms with E-state index in [1.54, 1.807) is 12.1 Å². The third kappa shape index (κ3) is 5.49. The van der Waals surface area contributed by atoms with Crippen LogP contribution in [0.15, 0.2) is 47.8 Å². The SMILES string of the molecule is O=C(COC(=O)C1CCN(S(=O)(=O)c2cccnc2)CC1)Nc1ccc(Cl)cn1. The lowest BCUT2D eigenvalue weighted by Crippen LogP contribution is -2.41. The van der Waals surface area contributed by atoms with E-state index < -0.39 is 34.4 Å². The Morgan fingerprint density at radius 1 is 1.21 bits per heavy atom. The van der Waals surface area contributed by atoms with Crippen LogP contribution in [-0.2, 0) is 24.3 Å². The van der Waals surface area contributed by atoms with Gasteiger partial charge < -0.3 is 10.1 Å². The fourth-order valence-electron chi connectivity index (χ4n) is 2.86. The lowest BCUT2D eigenvalue weighted by molar-refractivity contribution is -0.152. The van der Waals surface area contributed by atoms with Crippen LogP contribution in [0, 0.1) is 5.92 Å². The molecule has 1 fully saturated rings. The highest BCUT2D eigenvalue weighted by molar-refractivity contribution is 7.89. The molecule has 1 aliphatic heterocycles. The summed E-state index contributed by atoms with van der Waals surface area (Å²) >= 11 is 5.72. The summed E-state index contributed by atoms with van der Waals surface area (Å²) in [5.41, 5.74) is 0. The summed E-state index contributed by atoms with van der Waals surface area (Å²) < 4.78 is 31.5. The van der Waals surface area contributed by atoms with E-state index in [-0.39, 0.29) is 18.0 Å². The number of pyridine rings is 2. The zero-order valence-electron chi connectivity index (χ0n) is 15.3. The van der Waals surface area contributed by atoms with E-state index in [4.69, 9.17) is 16.3 Å². The van der Waals surface area contributed by atoms with Gasteiger partial charge in [0.1, 0.15) is 10.7 Å². The maximum Gasteiger partial charge on any atom is 0.309 e. The number of nitrogens with zero attached hydrogens (tertiary/aromatic N) is 3. The maximum absolute atomic E-state index is 12.6. The summed E-state index contributed by atoms with van der Waals surface area (Å²) in [6, 6.07) is 6.14. The molecule has 1 saturated heterocycles. The number of aromatic nitrogens is 2. The van der Waals surface area contributed by atoms with Gasteiger partial charge in [-0.15, -0.1) is 0 Å². The highest BCUT2D eigenvalue weighted by Crippen LogP contribution is 2.24. The topological polar surface area (TPSA) is 119 Å². The Balaban J connectivity index is 1.46. The number of sulfonamides is 1. The predicted octanol–water partition coefficient (Wildman–Crippen LogP) is 1.71. The molecule has 9 nitrogen and oxygen atoms in total. The molecule has 0 spiro atoms. The summed E-state index contributed by atoms with van der Waals surface area (Å²) in [6.07, 6.45) is 4.82. The summed E-state index contributed by atoms with van der Waals surface area (Å²) in [4.78, 5) is 32.0. The highest BCUT2D eigenvalue weighted by Gasteiger charge is 2.33. The van der Waals surface area contributed by atoms with Crippen LogP contribution in [0.25, 0.3) is 0 Å². The molecule has 2 aromatic heterocycles. The van der Waals surface area contributed by atoms with Crippen molar-refractivity contribution in [2.75, 3.05) is 25.0 Å². The van der Waals surface area contributed by atoms with Crippen LogP contribution in [0.2, 0.25) is 5.02 Å². The van der Waals surface area contributed by atoms with Crippen molar-refractivity contribution in [1.82, 2.24) is 14.3 Å². The number of amides is 1. The first-order valence-electron chi connectivity index (χ1n) is 8.84. The number of hydrogen-bond donors (Lipinski definition) is 1. The minimum absolute atomic E-state index is 0.119. The van der Waals surface area contributed by atoms with Gasteiger partial charge in [0.25, 0.3) is 5.91 Å². The molecule has 0 saturated carbocycles. The fourth-order valence-corrected chi connectivity index (χ4v) is 4.41. The number of halogens is 1. The Morgan fingerprint density at radius 3 is 2.59 bits per heavy atom. The smallest absolute Gasteiger partial charge is 0.309 e. The molecule has 1 aliphatic rings. The standard InChI is InChI=1S/C18H19ClN4O5S/c19-14-3-4-16(21-10-14)22-17(24)12-28-18(25)13-5-8-23(9-6-13)29(26,27)15-2-1-7-20-11-15/h1-4,7,10-11,13H,5-6,8-9,12H2,(H,21,22,24). The summed E-state index contributed by atoms with van der Waals surface area (Å²) in [6.45, 7) is -0.0624. The second-order valence-electron chi connectivity index (χ2n) is 6.38. The molecular weight excluding hydrogens is 420 g/mol. The van der Waals surface area contributed by atoms with Crippen LogP contribution in [-0.4, -0.2) is 54.3 Å². The number of hydrogen-bond acceptors (Lipinski definition) is 7. The van der Waals surface area contributed by atoms with Gasteiger partial charge >= 0.3 is 5.97 Å². The summed E-state index contributed by atoms with van der Waals surface area (Å²) in [5, 5.41) is 2.93. The van der Waals surface area contributed by atoms with Gasteiger partial charge in [-0.2, -0.15) is 4.31 Å². The van der Waals surface area contributed by atoms with Crippen LogP contribution in [0.1, 0.15) is 12.8 Å². The number of esters is 1. The highest BCUT2D eigenvalue weighted by atomic mass is 35.5. The normalized spacial score (nSPS) is 15.6. The van der Waals surface area contributed by atoms with Crippen LogP contribution in [0.4, 0.5) is 5.82 Å². The van der Waals surface area contributed by atoms with Crippen molar-refractivity contribution in [2.45, 2.75) is 17.7 Å². The zero-order chi connectivity index (χ0) is 20.9. The summed E-state index contributed by atoms with van der Waals surface area (Å²) in [7, 11) is -3.64. The zero-order valence-corrected chi connectivity index (χ0v) is 16.9. The van der Waals surface area contributed by atoms with Gasteiger partial charge in [-0.25, -0.2) is 13.4 Å². The van der Waals surface area contributed by atoms with Gasteiger partial charge in [-0.05, 0) is 37.1 Å². The van der Waals surface area contributed by atoms with Crippen LogP contribution < -0.4 is 5.32 Å². The number of nitrogens with one attached hydrogen (secondary N) is 1. The Kier molecular flexibility index (Phi) is 6.78. The third-order valence-electron chi connectivity index (χ3n) is 4.40. The molecule has 154 valence electrons. The van der Waals surface area contributed by atoms with Crippen molar-refractivity contribution in [2.24, 2.45) is 5.92 Å². The molecule has 3 rings (SSSR count). The van der Waals surface area contributed by atoms with Gasteiger partial charge in [0.05, 0.1) is 10.9 Å². The molecule has 29 heavy (non-hydrogen) atoms. The molecule has 1 amide bonds. The number of piperidine rings is 1. The number of carbonyl (C=O) groups excluding carboxylic acids is 2. The van der Waals surface area contributed by atoms with Gasteiger partial charge in [0.15, 0.2) is 6.61 Å². The Hall–Kier alpha value is -2.56. The van der Waals surface area contributed by atoms with E-state index in [1.165, 1.54) is 35.0 Å². The van der Waals surface area contributed by atoms with Crippen molar-refractivity contribution in [3.63, 3.8) is 0 Å². The first-order chi connectivity index (χ1) is 13.9. The molecule has 0 radical (unpaired) electrons. The van der Waals surface area contributed by atoms with Gasteiger partial charge in [-0.1, -0.05) is 11.6 Å². The lowest BCUT2D eigenvalue weighted by atomic mass is 9.98. The average molecular weight is 439 g/mol. The Morgan fingerprint density at radius 2 is 1.97 bits per heavy atom. The molecule has 1 N–H and O–H groups in total. The molecule has 0 aliphatic carbocycles. The molecule has 3 heterocycles. The minimum Gasteiger partial charge on any atom is -0.455 e. The van der Waals surface area contributed by atoms with Crippen LogP contribution >= 0.6 is 11.6 Å². The van der Waals surface area contributed by atoms with E-state index >= 15 is 0 Å². The maximum atomic E-state index is 12.6. The van der Waals surface area contributed by atoms with E-state index in [9.17, 15) is 18.0 Å². The molecule has 11 heteroatoms. The number of ether oxygens (including phenoxy) is 1. The number of carbonyl (C=O) groups is 2. The van der Waals surface area contributed by atoms with Crippen molar-refractivity contribution in [1.29, 1.82) is 0 Å². The first-order valence-corrected chi connectivity index (χ1v) is 10.7. The predicted molar refractivity (Wildman–Crippen MR) is 105 cm³/mol. The van der Waals surface area contributed by atoms with Crippen molar-refractivity contribution < 1.29 is 22.7 Å². The second kappa shape index (κ2) is 9.29. The molecule has 0 bridgehead atoms. The Labute approximate surface area is 173 Å². The molecular formula is C18H19ClN4O5S. The molecule has 0 aromatic carbocycles. The largest absolute Gasteiger partial charge is 0.455 e. The van der Waals surface area contributed by atoms with Crippen molar-refractivity contribution in [3.8, 4) is 0 Å². The monoisotopic (exact) mass is 438 g/mol. The molecule has 0 atom stereocenters. The number of anilines is 1. The van der Waals surface area contributed by atoms with Gasteiger partial charge in [-0.3, -0.25) is 14.6 Å². The quantitative estimate of drug-likeness (QED) is 0.682. The molecule has 2 aromatic rings. The van der Waals surface area contributed by atoms with Crippen molar-refractivity contribution in [3.05, 3.63) is 47.9 Å². The molecule has 0 unspecified atom stereocenters. The van der Waals surface area contributed by atoms with Gasteiger partial charge in [0.2, 0.25) is 10.0 Å². The number of rotatable bonds is 6. The lowest BCUT2D eigenvalue weighted by Gasteiger charge is -2.29. The Bertz CT molecular complexity index is 962. The van der Waals surface area contributed by atoms with Crippen LogP contribution in [0.5, 0.6) is 0 Å². The van der Waals surface area contributed by atoms with E-state index in [2.05, 4.69) is 15.3 Å². The van der Waals surface area contributed by atoms with Crippen molar-refractivity contribution >= 4 is 39.3 Å². The van der Waals surface area contributed by atoms with Crippen LogP contribution in [0.3, 0.4) is 0 Å². The average Bonchev–Trinajstić information content (AvgIpc) is 2.74. The van der Waals surface area contributed by atoms with E-state index in [1.807, 2.05) is 0 Å². The fraction of sp³-hybridized carbons (Fsp3) is 0.333. The second-order valence-corrected chi connectivity index (χ2v) is 8.76. The van der Waals surface area contributed by atoms with E-state index in [0.717, 1.165) is 0 Å². The van der Waals surface area contributed by atoms with Gasteiger partial charge in [0, 0.05) is 31.7 Å². The third-order valence-corrected chi connectivity index (χ3v) is 6.51. The minimum atomic E-state index is -3.64. The van der Waals surface area contributed by atoms with E-state index in [0.29, 0.717) is 23.7 Å². The first kappa shape index (κ1) is 21.2.